The minimum absolute atomic E-state index is 0.607. The van der Waals surface area contributed by atoms with Gasteiger partial charge in [0.05, 0.1) is 0 Å². The lowest BCUT2D eigenvalue weighted by atomic mass is 10.2. The van der Waals surface area contributed by atoms with Crippen LogP contribution in [0.25, 0.3) is 0 Å². The normalized spacial score (nSPS) is 12.7. The minimum atomic E-state index is 0.607. The number of halogens is 1. The molecule has 0 bridgehead atoms. The summed E-state index contributed by atoms with van der Waals surface area (Å²) in [7, 11) is 0. The fraction of sp³-hybridized carbons (Fsp3) is 0.500. The Bertz CT molecular complexity index is 273. The molecule has 0 heterocycles. The van der Waals surface area contributed by atoms with Crippen molar-refractivity contribution in [2.45, 2.75) is 25.9 Å². The van der Waals surface area contributed by atoms with Crippen molar-refractivity contribution >= 4 is 23.4 Å². The molecule has 0 fully saturated rings. The second-order valence-corrected chi connectivity index (χ2v) is 4.91. The maximum absolute atomic E-state index is 5.83. The van der Waals surface area contributed by atoms with Gasteiger partial charge in [-0.25, -0.2) is 0 Å². The molecule has 1 unspecified atom stereocenters. The Labute approximate surface area is 102 Å². The van der Waals surface area contributed by atoms with E-state index in [-0.39, 0.29) is 0 Å². The van der Waals surface area contributed by atoms with Crippen molar-refractivity contribution in [3.63, 3.8) is 0 Å². The Morgan fingerprint density at radius 2 is 2.00 bits per heavy atom. The summed E-state index contributed by atoms with van der Waals surface area (Å²) in [6.07, 6.45) is 3.32. The van der Waals surface area contributed by atoms with Crippen LogP contribution in [0.4, 0.5) is 0 Å². The van der Waals surface area contributed by atoms with Crippen molar-refractivity contribution in [1.82, 2.24) is 5.32 Å². The van der Waals surface area contributed by atoms with Crippen molar-refractivity contribution < 1.29 is 0 Å². The SMILES string of the molecule is CCC(CSC)NCc1ccc(Cl)cc1. The average molecular weight is 244 g/mol. The molecular formula is C12H18ClNS. The third-order valence-corrected chi connectivity index (χ3v) is 3.36. The van der Waals surface area contributed by atoms with Crippen LogP contribution in [0, 0.1) is 0 Å². The lowest BCUT2D eigenvalue weighted by Crippen LogP contribution is -2.30. The highest BCUT2D eigenvalue weighted by Gasteiger charge is 2.03. The van der Waals surface area contributed by atoms with Crippen LogP contribution in [0.2, 0.25) is 5.02 Å². The summed E-state index contributed by atoms with van der Waals surface area (Å²) in [6.45, 7) is 3.14. The van der Waals surface area contributed by atoms with E-state index in [1.54, 1.807) is 0 Å². The highest BCUT2D eigenvalue weighted by atomic mass is 35.5. The van der Waals surface area contributed by atoms with Crippen LogP contribution in [0.3, 0.4) is 0 Å². The van der Waals surface area contributed by atoms with Gasteiger partial charge in [0.1, 0.15) is 0 Å². The molecule has 15 heavy (non-hydrogen) atoms. The molecule has 1 aromatic rings. The molecule has 0 saturated heterocycles. The fourth-order valence-electron chi connectivity index (χ4n) is 1.39. The van der Waals surface area contributed by atoms with E-state index in [2.05, 4.69) is 30.6 Å². The fourth-order valence-corrected chi connectivity index (χ4v) is 2.27. The first-order chi connectivity index (χ1) is 7.26. The second kappa shape index (κ2) is 7.15. The Hall–Kier alpha value is -0.180. The van der Waals surface area contributed by atoms with Crippen LogP contribution >= 0.6 is 23.4 Å². The number of rotatable bonds is 6. The molecule has 0 radical (unpaired) electrons. The monoisotopic (exact) mass is 243 g/mol. The van der Waals surface area contributed by atoms with Gasteiger partial charge < -0.3 is 5.32 Å². The number of nitrogens with one attached hydrogen (secondary N) is 1. The summed E-state index contributed by atoms with van der Waals surface area (Å²) in [4.78, 5) is 0. The van der Waals surface area contributed by atoms with E-state index in [1.807, 2.05) is 23.9 Å². The van der Waals surface area contributed by atoms with Gasteiger partial charge in [-0.2, -0.15) is 11.8 Å². The van der Waals surface area contributed by atoms with Crippen LogP contribution in [-0.4, -0.2) is 18.1 Å². The van der Waals surface area contributed by atoms with Crippen LogP contribution in [0.1, 0.15) is 18.9 Å². The maximum Gasteiger partial charge on any atom is 0.0406 e. The summed E-state index contributed by atoms with van der Waals surface area (Å²) >= 11 is 7.72. The summed E-state index contributed by atoms with van der Waals surface area (Å²) in [5.74, 6) is 1.17. The van der Waals surface area contributed by atoms with E-state index in [0.717, 1.165) is 11.6 Å². The molecule has 1 rings (SSSR count). The molecule has 84 valence electrons. The third-order valence-electron chi connectivity index (χ3n) is 2.37. The molecule has 0 aromatic heterocycles. The lowest BCUT2D eigenvalue weighted by Gasteiger charge is -2.15. The summed E-state index contributed by atoms with van der Waals surface area (Å²) in [5.41, 5.74) is 1.29. The zero-order chi connectivity index (χ0) is 11.1. The van der Waals surface area contributed by atoms with Gasteiger partial charge in [0.25, 0.3) is 0 Å². The maximum atomic E-state index is 5.83. The summed E-state index contributed by atoms with van der Waals surface area (Å²) in [5, 5.41) is 4.34. The third kappa shape index (κ3) is 4.92. The summed E-state index contributed by atoms with van der Waals surface area (Å²) in [6, 6.07) is 8.63. The zero-order valence-corrected chi connectivity index (χ0v) is 10.9. The van der Waals surface area contributed by atoms with Gasteiger partial charge in [-0.15, -0.1) is 0 Å². The van der Waals surface area contributed by atoms with E-state index < -0.39 is 0 Å². The van der Waals surface area contributed by atoms with Gasteiger partial charge in [-0.05, 0) is 30.4 Å². The van der Waals surface area contributed by atoms with Gasteiger partial charge in [0.2, 0.25) is 0 Å². The Balaban J connectivity index is 2.38. The first kappa shape index (κ1) is 12.9. The second-order valence-electron chi connectivity index (χ2n) is 3.57. The molecule has 1 aromatic carbocycles. The molecule has 0 aliphatic rings. The molecule has 0 aliphatic heterocycles. The van der Waals surface area contributed by atoms with Crippen LogP contribution in [0.15, 0.2) is 24.3 Å². The van der Waals surface area contributed by atoms with Gasteiger partial charge in [-0.1, -0.05) is 30.7 Å². The van der Waals surface area contributed by atoms with Crippen LogP contribution < -0.4 is 5.32 Å². The van der Waals surface area contributed by atoms with E-state index in [9.17, 15) is 0 Å². The Morgan fingerprint density at radius 3 is 2.53 bits per heavy atom. The van der Waals surface area contributed by atoms with Crippen molar-refractivity contribution in [1.29, 1.82) is 0 Å². The predicted molar refractivity (Wildman–Crippen MR) is 70.8 cm³/mol. The lowest BCUT2D eigenvalue weighted by molar-refractivity contribution is 0.541. The quantitative estimate of drug-likeness (QED) is 0.820. The zero-order valence-electron chi connectivity index (χ0n) is 9.29. The van der Waals surface area contributed by atoms with E-state index in [0.29, 0.717) is 6.04 Å². The van der Waals surface area contributed by atoms with Gasteiger partial charge in [0.15, 0.2) is 0 Å². The molecule has 0 aliphatic carbocycles. The first-order valence-electron chi connectivity index (χ1n) is 5.23. The van der Waals surface area contributed by atoms with Crippen molar-refractivity contribution in [2.75, 3.05) is 12.0 Å². The molecule has 0 amide bonds. The standard InChI is InChI=1S/C12H18ClNS/c1-3-12(9-15-2)14-8-10-4-6-11(13)7-5-10/h4-7,12,14H,3,8-9H2,1-2H3. The highest BCUT2D eigenvalue weighted by Crippen LogP contribution is 2.10. The molecule has 0 spiro atoms. The molecule has 3 heteroatoms. The molecule has 1 N–H and O–H groups in total. The molecule has 0 saturated carbocycles. The number of benzene rings is 1. The largest absolute Gasteiger partial charge is 0.309 e. The minimum Gasteiger partial charge on any atom is -0.309 e. The Kier molecular flexibility index (Phi) is 6.15. The number of hydrogen-bond donors (Lipinski definition) is 1. The van der Waals surface area contributed by atoms with Gasteiger partial charge >= 0.3 is 0 Å². The first-order valence-corrected chi connectivity index (χ1v) is 7.00. The smallest absolute Gasteiger partial charge is 0.0406 e. The van der Waals surface area contributed by atoms with Gasteiger partial charge in [0, 0.05) is 23.4 Å². The van der Waals surface area contributed by atoms with Crippen molar-refractivity contribution in [3.05, 3.63) is 34.9 Å². The summed E-state index contributed by atoms with van der Waals surface area (Å²) < 4.78 is 0. The van der Waals surface area contributed by atoms with Gasteiger partial charge in [-0.3, -0.25) is 0 Å². The average Bonchev–Trinajstić information content (AvgIpc) is 2.26. The Morgan fingerprint density at radius 1 is 1.33 bits per heavy atom. The van der Waals surface area contributed by atoms with E-state index >= 15 is 0 Å². The van der Waals surface area contributed by atoms with Crippen LogP contribution in [0.5, 0.6) is 0 Å². The van der Waals surface area contributed by atoms with E-state index in [4.69, 9.17) is 11.6 Å². The van der Waals surface area contributed by atoms with Crippen molar-refractivity contribution in [2.24, 2.45) is 0 Å². The van der Waals surface area contributed by atoms with Crippen LogP contribution in [-0.2, 0) is 6.54 Å². The number of hydrogen-bond acceptors (Lipinski definition) is 2. The number of thioether (sulfide) groups is 1. The predicted octanol–water partition coefficient (Wildman–Crippen LogP) is 3.57. The van der Waals surface area contributed by atoms with E-state index in [1.165, 1.54) is 17.7 Å². The van der Waals surface area contributed by atoms with Crippen molar-refractivity contribution in [3.8, 4) is 0 Å². The molecular weight excluding hydrogens is 226 g/mol. The molecule has 1 atom stereocenters. The topological polar surface area (TPSA) is 12.0 Å². The molecule has 1 nitrogen and oxygen atoms in total. The highest BCUT2D eigenvalue weighted by molar-refractivity contribution is 7.98.